The Morgan fingerprint density at radius 2 is 1.95 bits per heavy atom. The van der Waals surface area contributed by atoms with E-state index in [0.29, 0.717) is 0 Å². The van der Waals surface area contributed by atoms with Gasteiger partial charge in [-0.15, -0.1) is 0 Å². The Bertz CT molecular complexity index is 601. The van der Waals surface area contributed by atoms with Crippen molar-refractivity contribution in [3.8, 4) is 5.75 Å². The van der Waals surface area contributed by atoms with Crippen LogP contribution in [0.15, 0.2) is 46.9 Å². The lowest BCUT2D eigenvalue weighted by atomic mass is 10.0. The summed E-state index contributed by atoms with van der Waals surface area (Å²) in [5.74, 6) is 0.772. The molecular formula is C16H17BrClNO. The van der Waals surface area contributed by atoms with Crippen LogP contribution in [0.1, 0.15) is 24.2 Å². The van der Waals surface area contributed by atoms with Gasteiger partial charge in [-0.3, -0.25) is 0 Å². The Balaban J connectivity index is 2.28. The molecule has 106 valence electrons. The lowest BCUT2D eigenvalue weighted by Crippen LogP contribution is -2.29. The van der Waals surface area contributed by atoms with E-state index in [9.17, 15) is 0 Å². The predicted molar refractivity (Wildman–Crippen MR) is 87.3 cm³/mol. The van der Waals surface area contributed by atoms with Gasteiger partial charge in [-0.25, -0.2) is 0 Å². The molecule has 0 aliphatic carbocycles. The Labute approximate surface area is 133 Å². The minimum absolute atomic E-state index is 0.125. The molecule has 0 bridgehead atoms. The maximum atomic E-state index is 6.07. The highest BCUT2D eigenvalue weighted by atomic mass is 79.9. The Morgan fingerprint density at radius 1 is 1.20 bits per heavy atom. The minimum atomic E-state index is -0.201. The molecule has 0 aromatic heterocycles. The molecule has 0 saturated carbocycles. The fourth-order valence-corrected chi connectivity index (χ4v) is 2.53. The second-order valence-corrected chi connectivity index (χ2v) is 6.19. The van der Waals surface area contributed by atoms with Gasteiger partial charge in [-0.1, -0.05) is 39.7 Å². The molecule has 2 unspecified atom stereocenters. The molecule has 4 heteroatoms. The number of ether oxygens (including phenoxy) is 1. The third kappa shape index (κ3) is 3.75. The smallest absolute Gasteiger partial charge is 0.138 e. The van der Waals surface area contributed by atoms with E-state index in [4.69, 9.17) is 22.1 Å². The molecule has 2 N–H and O–H groups in total. The number of aryl methyl sites for hydroxylation is 1. The number of halogens is 2. The van der Waals surface area contributed by atoms with E-state index in [1.165, 1.54) is 0 Å². The van der Waals surface area contributed by atoms with Gasteiger partial charge >= 0.3 is 0 Å². The van der Waals surface area contributed by atoms with E-state index >= 15 is 0 Å². The molecule has 0 fully saturated rings. The van der Waals surface area contributed by atoms with Gasteiger partial charge in [0.25, 0.3) is 0 Å². The Morgan fingerprint density at radius 3 is 2.55 bits per heavy atom. The minimum Gasteiger partial charge on any atom is -0.484 e. The fraction of sp³-hybridized carbons (Fsp3) is 0.250. The van der Waals surface area contributed by atoms with Crippen LogP contribution in [0.25, 0.3) is 0 Å². The molecule has 2 nitrogen and oxygen atoms in total. The third-order valence-electron chi connectivity index (χ3n) is 3.05. The fourth-order valence-electron chi connectivity index (χ4n) is 2.00. The van der Waals surface area contributed by atoms with Gasteiger partial charge in [0.05, 0.1) is 0 Å². The number of rotatable bonds is 4. The average Bonchev–Trinajstić information content (AvgIpc) is 2.39. The van der Waals surface area contributed by atoms with Crippen molar-refractivity contribution < 1.29 is 4.74 Å². The molecule has 2 aromatic rings. The van der Waals surface area contributed by atoms with Crippen molar-refractivity contribution in [1.82, 2.24) is 0 Å². The van der Waals surface area contributed by atoms with Gasteiger partial charge in [0.2, 0.25) is 0 Å². The van der Waals surface area contributed by atoms with Crippen LogP contribution in [0.2, 0.25) is 5.02 Å². The first-order valence-corrected chi connectivity index (χ1v) is 7.58. The quantitative estimate of drug-likeness (QED) is 0.849. The van der Waals surface area contributed by atoms with Crippen molar-refractivity contribution in [2.75, 3.05) is 0 Å². The maximum Gasteiger partial charge on any atom is 0.138 e. The Hall–Kier alpha value is -1.03. The monoisotopic (exact) mass is 353 g/mol. The first kappa shape index (κ1) is 15.4. The normalized spacial score (nSPS) is 13.8. The van der Waals surface area contributed by atoms with Crippen LogP contribution in [0.5, 0.6) is 5.75 Å². The van der Waals surface area contributed by atoms with Gasteiger partial charge in [0, 0.05) is 15.5 Å². The molecule has 20 heavy (non-hydrogen) atoms. The second-order valence-electron chi connectivity index (χ2n) is 4.86. The van der Waals surface area contributed by atoms with Crippen molar-refractivity contribution in [2.24, 2.45) is 5.73 Å². The van der Waals surface area contributed by atoms with E-state index in [-0.39, 0.29) is 12.1 Å². The molecule has 0 heterocycles. The van der Waals surface area contributed by atoms with E-state index in [1.54, 1.807) is 0 Å². The molecule has 2 rings (SSSR count). The van der Waals surface area contributed by atoms with Crippen LogP contribution >= 0.6 is 27.5 Å². The zero-order valence-electron chi connectivity index (χ0n) is 11.4. The summed E-state index contributed by atoms with van der Waals surface area (Å²) in [5.41, 5.74) is 8.10. The van der Waals surface area contributed by atoms with Crippen molar-refractivity contribution in [2.45, 2.75) is 26.0 Å². The van der Waals surface area contributed by atoms with Crippen LogP contribution in [0.3, 0.4) is 0 Å². The van der Waals surface area contributed by atoms with Gasteiger partial charge < -0.3 is 10.5 Å². The highest BCUT2D eigenvalue weighted by molar-refractivity contribution is 9.10. The first-order chi connectivity index (χ1) is 9.47. The SMILES string of the molecule is Cc1cc(OC(c2cccc(Br)c2)C(C)N)ccc1Cl. The van der Waals surface area contributed by atoms with Gasteiger partial charge in [-0.2, -0.15) is 0 Å². The van der Waals surface area contributed by atoms with Crippen LogP contribution in [-0.2, 0) is 0 Å². The van der Waals surface area contributed by atoms with Gasteiger partial charge in [0.1, 0.15) is 11.9 Å². The summed E-state index contributed by atoms with van der Waals surface area (Å²) >= 11 is 9.50. The number of benzene rings is 2. The molecule has 0 aliphatic rings. The molecule has 0 amide bonds. The summed E-state index contributed by atoms with van der Waals surface area (Å²) in [6.45, 7) is 3.89. The van der Waals surface area contributed by atoms with Crippen LogP contribution in [0.4, 0.5) is 0 Å². The summed E-state index contributed by atoms with van der Waals surface area (Å²) in [4.78, 5) is 0. The van der Waals surface area contributed by atoms with Crippen molar-refractivity contribution in [3.05, 3.63) is 63.1 Å². The van der Waals surface area contributed by atoms with Crippen molar-refractivity contribution >= 4 is 27.5 Å². The summed E-state index contributed by atoms with van der Waals surface area (Å²) in [5, 5.41) is 0.733. The molecule has 0 radical (unpaired) electrons. The molecule has 2 aromatic carbocycles. The molecule has 0 aliphatic heterocycles. The standard InChI is InChI=1S/C16H17BrClNO/c1-10-8-14(6-7-15(10)18)20-16(11(2)19)12-4-3-5-13(17)9-12/h3-9,11,16H,19H2,1-2H3. The molecule has 0 saturated heterocycles. The summed E-state index contributed by atoms with van der Waals surface area (Å²) in [7, 11) is 0. The van der Waals surface area contributed by atoms with Gasteiger partial charge in [0.15, 0.2) is 0 Å². The first-order valence-electron chi connectivity index (χ1n) is 6.41. The van der Waals surface area contributed by atoms with Crippen LogP contribution in [-0.4, -0.2) is 6.04 Å². The van der Waals surface area contributed by atoms with E-state index in [2.05, 4.69) is 15.9 Å². The number of hydrogen-bond donors (Lipinski definition) is 1. The maximum absolute atomic E-state index is 6.07. The molecular weight excluding hydrogens is 338 g/mol. The predicted octanol–water partition coefficient (Wildman–Crippen LogP) is 4.88. The lowest BCUT2D eigenvalue weighted by molar-refractivity contribution is 0.180. The average molecular weight is 355 g/mol. The third-order valence-corrected chi connectivity index (χ3v) is 3.96. The van der Waals surface area contributed by atoms with Crippen molar-refractivity contribution in [1.29, 1.82) is 0 Å². The topological polar surface area (TPSA) is 35.2 Å². The highest BCUT2D eigenvalue weighted by Gasteiger charge is 2.18. The second kappa shape index (κ2) is 6.61. The number of nitrogens with two attached hydrogens (primary N) is 1. The Kier molecular flexibility index (Phi) is 5.08. The van der Waals surface area contributed by atoms with E-state index in [1.807, 2.05) is 56.3 Å². The summed E-state index contributed by atoms with van der Waals surface area (Å²) in [6.07, 6.45) is -0.201. The zero-order chi connectivity index (χ0) is 14.7. The molecule has 2 atom stereocenters. The van der Waals surface area contributed by atoms with E-state index < -0.39 is 0 Å². The van der Waals surface area contributed by atoms with Crippen molar-refractivity contribution in [3.63, 3.8) is 0 Å². The van der Waals surface area contributed by atoms with E-state index in [0.717, 1.165) is 26.4 Å². The largest absolute Gasteiger partial charge is 0.484 e. The number of hydrogen-bond acceptors (Lipinski definition) is 2. The van der Waals surface area contributed by atoms with Crippen LogP contribution in [0, 0.1) is 6.92 Å². The summed E-state index contributed by atoms with van der Waals surface area (Å²) < 4.78 is 7.06. The van der Waals surface area contributed by atoms with Crippen LogP contribution < -0.4 is 10.5 Å². The van der Waals surface area contributed by atoms with Gasteiger partial charge in [-0.05, 0) is 55.3 Å². The highest BCUT2D eigenvalue weighted by Crippen LogP contribution is 2.28. The molecule has 0 spiro atoms. The zero-order valence-corrected chi connectivity index (χ0v) is 13.8. The lowest BCUT2D eigenvalue weighted by Gasteiger charge is -2.23. The summed E-state index contributed by atoms with van der Waals surface area (Å²) in [6, 6.07) is 13.5.